The molecule has 7 heteroatoms. The van der Waals surface area contributed by atoms with Crippen LogP contribution in [0.15, 0.2) is 0 Å². The van der Waals surface area contributed by atoms with Crippen molar-refractivity contribution in [2.45, 2.75) is 13.0 Å². The first-order chi connectivity index (χ1) is 7.57. The Balaban J connectivity index is 2.32. The van der Waals surface area contributed by atoms with Crippen LogP contribution in [0.3, 0.4) is 0 Å². The van der Waals surface area contributed by atoms with Gasteiger partial charge in [0.05, 0.1) is 18.5 Å². The highest BCUT2D eigenvalue weighted by molar-refractivity contribution is 7.89. The van der Waals surface area contributed by atoms with Crippen LogP contribution in [0.5, 0.6) is 0 Å². The molecular formula is C9H19ClN2O3S. The van der Waals surface area contributed by atoms with Crippen molar-refractivity contribution >= 4 is 21.6 Å². The molecule has 1 aliphatic rings. The van der Waals surface area contributed by atoms with Crippen LogP contribution < -0.4 is 4.72 Å². The molecule has 0 bridgehead atoms. The maximum Gasteiger partial charge on any atom is 0.212 e. The Hall–Kier alpha value is 0.120. The zero-order valence-corrected chi connectivity index (χ0v) is 11.1. The molecule has 1 atom stereocenters. The molecule has 1 unspecified atom stereocenters. The summed E-state index contributed by atoms with van der Waals surface area (Å²) in [4.78, 5) is 2.24. The topological polar surface area (TPSA) is 58.6 Å². The van der Waals surface area contributed by atoms with Crippen LogP contribution in [0, 0.1) is 0 Å². The number of hydrogen-bond acceptors (Lipinski definition) is 4. The molecule has 0 aromatic heterocycles. The molecule has 0 amide bonds. The van der Waals surface area contributed by atoms with Crippen molar-refractivity contribution in [2.24, 2.45) is 0 Å². The van der Waals surface area contributed by atoms with Crippen molar-refractivity contribution < 1.29 is 13.2 Å². The van der Waals surface area contributed by atoms with Crippen LogP contribution in [-0.4, -0.2) is 63.8 Å². The number of likely N-dealkylation sites (N-methyl/N-ethyl adjacent to an activating group) is 1. The Kier molecular flexibility index (Phi) is 5.99. The third-order valence-corrected chi connectivity index (χ3v) is 4.31. The SMILES string of the molecule is CCN1CCOC(CNS(=O)(=O)CCCl)C1. The fraction of sp³-hybridized carbons (Fsp3) is 1.00. The van der Waals surface area contributed by atoms with E-state index in [9.17, 15) is 8.42 Å². The first-order valence-electron chi connectivity index (χ1n) is 5.44. The number of nitrogens with one attached hydrogen (secondary N) is 1. The molecule has 0 radical (unpaired) electrons. The van der Waals surface area contributed by atoms with E-state index in [1.54, 1.807) is 0 Å². The zero-order valence-electron chi connectivity index (χ0n) is 9.49. The van der Waals surface area contributed by atoms with Gasteiger partial charge >= 0.3 is 0 Å². The summed E-state index contributed by atoms with van der Waals surface area (Å²) in [7, 11) is -3.24. The number of halogens is 1. The lowest BCUT2D eigenvalue weighted by atomic mass is 10.3. The van der Waals surface area contributed by atoms with Crippen molar-refractivity contribution in [1.29, 1.82) is 0 Å². The van der Waals surface area contributed by atoms with Gasteiger partial charge in [0.15, 0.2) is 0 Å². The second-order valence-corrected chi connectivity index (χ2v) is 6.05. The van der Waals surface area contributed by atoms with E-state index in [1.807, 2.05) is 0 Å². The summed E-state index contributed by atoms with van der Waals surface area (Å²) in [5.74, 6) is 0.0701. The predicted molar refractivity (Wildman–Crippen MR) is 64.4 cm³/mol. The fourth-order valence-corrected chi connectivity index (χ4v) is 2.98. The van der Waals surface area contributed by atoms with Crippen LogP contribution >= 0.6 is 11.6 Å². The van der Waals surface area contributed by atoms with Crippen LogP contribution in [0.4, 0.5) is 0 Å². The average molecular weight is 271 g/mol. The molecule has 16 heavy (non-hydrogen) atoms. The third kappa shape index (κ3) is 4.97. The molecule has 1 aliphatic heterocycles. The molecule has 0 saturated carbocycles. The minimum atomic E-state index is -3.24. The zero-order chi connectivity index (χ0) is 12.0. The van der Waals surface area contributed by atoms with Gasteiger partial charge in [-0.2, -0.15) is 0 Å². The summed E-state index contributed by atoms with van der Waals surface area (Å²) in [6, 6.07) is 0. The number of hydrogen-bond donors (Lipinski definition) is 1. The molecular weight excluding hydrogens is 252 g/mol. The van der Waals surface area contributed by atoms with Gasteiger partial charge in [-0.15, -0.1) is 11.6 Å². The van der Waals surface area contributed by atoms with Crippen LogP contribution in [0.25, 0.3) is 0 Å². The first kappa shape index (κ1) is 14.2. The number of sulfonamides is 1. The van der Waals surface area contributed by atoms with Gasteiger partial charge < -0.3 is 4.74 Å². The molecule has 0 aromatic rings. The molecule has 1 fully saturated rings. The monoisotopic (exact) mass is 270 g/mol. The third-order valence-electron chi connectivity index (χ3n) is 2.55. The van der Waals surface area contributed by atoms with Crippen molar-refractivity contribution in [1.82, 2.24) is 9.62 Å². The van der Waals surface area contributed by atoms with Gasteiger partial charge in [0.25, 0.3) is 0 Å². The second-order valence-electron chi connectivity index (χ2n) is 3.74. The van der Waals surface area contributed by atoms with E-state index < -0.39 is 10.0 Å². The van der Waals surface area contributed by atoms with Gasteiger partial charge in [-0.3, -0.25) is 4.90 Å². The Morgan fingerprint density at radius 2 is 2.31 bits per heavy atom. The number of morpholine rings is 1. The van der Waals surface area contributed by atoms with Gasteiger partial charge in [-0.1, -0.05) is 6.92 Å². The summed E-state index contributed by atoms with van der Waals surface area (Å²) in [6.07, 6.45) is -0.0567. The number of alkyl halides is 1. The quantitative estimate of drug-likeness (QED) is 0.683. The van der Waals surface area contributed by atoms with E-state index in [0.717, 1.165) is 19.6 Å². The minimum absolute atomic E-state index is 0.0429. The molecule has 5 nitrogen and oxygen atoms in total. The maximum absolute atomic E-state index is 11.4. The van der Waals surface area contributed by atoms with Crippen molar-refractivity contribution in [2.75, 3.05) is 44.4 Å². The molecule has 96 valence electrons. The molecule has 1 heterocycles. The standard InChI is InChI=1S/C9H19ClN2O3S/c1-2-12-4-5-15-9(8-12)7-11-16(13,14)6-3-10/h9,11H,2-8H2,1H3. The lowest BCUT2D eigenvalue weighted by Gasteiger charge is -2.32. The van der Waals surface area contributed by atoms with Gasteiger partial charge in [0.1, 0.15) is 0 Å². The van der Waals surface area contributed by atoms with E-state index in [4.69, 9.17) is 16.3 Å². The molecule has 1 N–H and O–H groups in total. The van der Waals surface area contributed by atoms with E-state index in [-0.39, 0.29) is 17.7 Å². The summed E-state index contributed by atoms with van der Waals surface area (Å²) in [6.45, 7) is 5.74. The fourth-order valence-electron chi connectivity index (χ4n) is 1.58. The summed E-state index contributed by atoms with van der Waals surface area (Å²) >= 11 is 5.39. The predicted octanol–water partition coefficient (Wildman–Crippen LogP) is -0.135. The van der Waals surface area contributed by atoms with E-state index in [0.29, 0.717) is 13.2 Å². The Morgan fingerprint density at radius 1 is 1.56 bits per heavy atom. The van der Waals surface area contributed by atoms with Crippen LogP contribution in [0.1, 0.15) is 6.92 Å². The average Bonchev–Trinajstić information content (AvgIpc) is 2.27. The van der Waals surface area contributed by atoms with Gasteiger partial charge in [0.2, 0.25) is 10.0 Å². The number of rotatable bonds is 6. The minimum Gasteiger partial charge on any atom is -0.374 e. The van der Waals surface area contributed by atoms with E-state index in [1.165, 1.54) is 0 Å². The molecule has 1 saturated heterocycles. The van der Waals surface area contributed by atoms with Crippen LogP contribution in [0.2, 0.25) is 0 Å². The Morgan fingerprint density at radius 3 is 2.94 bits per heavy atom. The van der Waals surface area contributed by atoms with E-state index >= 15 is 0 Å². The molecule has 0 aromatic carbocycles. The summed E-state index contributed by atoms with van der Waals surface area (Å²) in [5.41, 5.74) is 0. The van der Waals surface area contributed by atoms with Crippen molar-refractivity contribution in [3.8, 4) is 0 Å². The van der Waals surface area contributed by atoms with Gasteiger partial charge in [0, 0.05) is 25.5 Å². The van der Waals surface area contributed by atoms with Gasteiger partial charge in [-0.05, 0) is 6.54 Å². The smallest absolute Gasteiger partial charge is 0.212 e. The molecule has 1 rings (SSSR count). The largest absolute Gasteiger partial charge is 0.374 e. The normalized spacial score (nSPS) is 23.5. The summed E-state index contributed by atoms with van der Waals surface area (Å²) in [5, 5.41) is 0. The highest BCUT2D eigenvalue weighted by Crippen LogP contribution is 2.04. The maximum atomic E-state index is 11.4. The van der Waals surface area contributed by atoms with Crippen molar-refractivity contribution in [3.05, 3.63) is 0 Å². The summed E-state index contributed by atoms with van der Waals surface area (Å²) < 4.78 is 30.7. The molecule has 0 spiro atoms. The second kappa shape index (κ2) is 6.76. The lowest BCUT2D eigenvalue weighted by Crippen LogP contribution is -2.47. The first-order valence-corrected chi connectivity index (χ1v) is 7.63. The molecule has 0 aliphatic carbocycles. The van der Waals surface area contributed by atoms with Crippen LogP contribution in [-0.2, 0) is 14.8 Å². The Labute approximate surface area is 102 Å². The number of nitrogens with zero attached hydrogens (tertiary/aromatic N) is 1. The highest BCUT2D eigenvalue weighted by atomic mass is 35.5. The highest BCUT2D eigenvalue weighted by Gasteiger charge is 2.20. The number of ether oxygens (including phenoxy) is 1. The van der Waals surface area contributed by atoms with Crippen molar-refractivity contribution in [3.63, 3.8) is 0 Å². The van der Waals surface area contributed by atoms with Gasteiger partial charge in [-0.25, -0.2) is 13.1 Å². The van der Waals surface area contributed by atoms with E-state index in [2.05, 4.69) is 16.5 Å². The Bertz CT molecular complexity index is 297. The lowest BCUT2D eigenvalue weighted by molar-refractivity contribution is -0.0229.